The number of amides is 1. The highest BCUT2D eigenvalue weighted by Gasteiger charge is 2.23. The van der Waals surface area contributed by atoms with Crippen LogP contribution in [0.1, 0.15) is 28.9 Å². The van der Waals surface area contributed by atoms with E-state index in [2.05, 4.69) is 39.6 Å². The molecule has 1 saturated heterocycles. The summed E-state index contributed by atoms with van der Waals surface area (Å²) in [6, 6.07) is 20.0. The van der Waals surface area contributed by atoms with Gasteiger partial charge in [-0.2, -0.15) is 5.10 Å². The topological polar surface area (TPSA) is 50.2 Å². The van der Waals surface area contributed by atoms with Gasteiger partial charge in [0.25, 0.3) is 5.91 Å². The standard InChI is InChI=1S/C23H25ClN4O/c1-27-22(15-21(26-27)18-8-5-9-19(24)14-18)23(29)25-20-10-12-28(13-11-20)16-17-6-3-2-4-7-17/h2-9,14-15,20H,10-13,16H2,1H3,(H,25,29). The second-order valence-corrected chi connectivity index (χ2v) is 7.99. The predicted octanol–water partition coefficient (Wildman–Crippen LogP) is 4.13. The highest BCUT2D eigenvalue weighted by Crippen LogP contribution is 2.22. The Bertz CT molecular complexity index is 978. The zero-order chi connectivity index (χ0) is 20.2. The first-order valence-electron chi connectivity index (χ1n) is 9.95. The van der Waals surface area contributed by atoms with Gasteiger partial charge in [-0.05, 0) is 36.6 Å². The molecule has 1 N–H and O–H groups in total. The number of hydrogen-bond acceptors (Lipinski definition) is 3. The average molecular weight is 409 g/mol. The molecule has 4 rings (SSSR count). The number of nitrogens with zero attached hydrogens (tertiary/aromatic N) is 3. The molecule has 1 aliphatic rings. The van der Waals surface area contributed by atoms with Crippen LogP contribution in [0, 0.1) is 0 Å². The van der Waals surface area contributed by atoms with Crippen LogP contribution >= 0.6 is 11.6 Å². The van der Waals surface area contributed by atoms with Gasteiger partial charge in [-0.15, -0.1) is 0 Å². The maximum atomic E-state index is 12.8. The summed E-state index contributed by atoms with van der Waals surface area (Å²) in [5.74, 6) is -0.0743. The molecule has 1 amide bonds. The normalized spacial score (nSPS) is 15.4. The van der Waals surface area contributed by atoms with Crippen LogP contribution in [0.4, 0.5) is 0 Å². The molecule has 3 aromatic rings. The van der Waals surface area contributed by atoms with Crippen molar-refractivity contribution in [3.8, 4) is 11.3 Å². The number of benzene rings is 2. The fourth-order valence-corrected chi connectivity index (χ4v) is 4.00. The molecular weight excluding hydrogens is 384 g/mol. The molecule has 1 aromatic heterocycles. The zero-order valence-electron chi connectivity index (χ0n) is 16.5. The predicted molar refractivity (Wildman–Crippen MR) is 116 cm³/mol. The monoisotopic (exact) mass is 408 g/mol. The Balaban J connectivity index is 1.34. The van der Waals surface area contributed by atoms with Crippen LogP contribution in [-0.2, 0) is 13.6 Å². The van der Waals surface area contributed by atoms with E-state index in [4.69, 9.17) is 11.6 Å². The minimum Gasteiger partial charge on any atom is -0.348 e. The van der Waals surface area contributed by atoms with Gasteiger partial charge in [-0.25, -0.2) is 0 Å². The Labute approximate surface area is 176 Å². The molecule has 0 aliphatic carbocycles. The smallest absolute Gasteiger partial charge is 0.269 e. The minimum atomic E-state index is -0.0743. The van der Waals surface area contributed by atoms with Crippen molar-refractivity contribution in [1.29, 1.82) is 0 Å². The maximum Gasteiger partial charge on any atom is 0.269 e. The lowest BCUT2D eigenvalue weighted by Gasteiger charge is -2.32. The SMILES string of the molecule is Cn1nc(-c2cccc(Cl)c2)cc1C(=O)NC1CCN(Cc2ccccc2)CC1. The van der Waals surface area contributed by atoms with E-state index in [1.807, 2.05) is 36.4 Å². The number of hydrogen-bond donors (Lipinski definition) is 1. The summed E-state index contributed by atoms with van der Waals surface area (Å²) >= 11 is 6.08. The fraction of sp³-hybridized carbons (Fsp3) is 0.304. The van der Waals surface area contributed by atoms with Crippen molar-refractivity contribution < 1.29 is 4.79 Å². The molecular formula is C23H25ClN4O. The van der Waals surface area contributed by atoms with Gasteiger partial charge in [0.2, 0.25) is 0 Å². The Hall–Kier alpha value is -2.63. The molecule has 0 radical (unpaired) electrons. The van der Waals surface area contributed by atoms with Crippen LogP contribution in [0.3, 0.4) is 0 Å². The summed E-state index contributed by atoms with van der Waals surface area (Å²) in [4.78, 5) is 15.3. The maximum absolute atomic E-state index is 12.8. The number of aryl methyl sites for hydroxylation is 1. The number of nitrogens with one attached hydrogen (secondary N) is 1. The van der Waals surface area contributed by atoms with Crippen LogP contribution in [0.5, 0.6) is 0 Å². The molecule has 0 atom stereocenters. The Kier molecular flexibility index (Phi) is 5.97. The number of halogens is 1. The minimum absolute atomic E-state index is 0.0743. The van der Waals surface area contributed by atoms with E-state index in [9.17, 15) is 4.79 Å². The molecule has 1 fully saturated rings. The van der Waals surface area contributed by atoms with Gasteiger partial charge in [-0.3, -0.25) is 14.4 Å². The molecule has 6 heteroatoms. The van der Waals surface area contributed by atoms with Gasteiger partial charge < -0.3 is 5.32 Å². The highest BCUT2D eigenvalue weighted by atomic mass is 35.5. The summed E-state index contributed by atoms with van der Waals surface area (Å²) in [5.41, 5.74) is 3.55. The van der Waals surface area contributed by atoms with Crippen molar-refractivity contribution in [1.82, 2.24) is 20.0 Å². The number of rotatable bonds is 5. The molecule has 5 nitrogen and oxygen atoms in total. The summed E-state index contributed by atoms with van der Waals surface area (Å²) in [7, 11) is 1.80. The largest absolute Gasteiger partial charge is 0.348 e. The summed E-state index contributed by atoms with van der Waals surface area (Å²) in [6.07, 6.45) is 1.91. The quantitative estimate of drug-likeness (QED) is 0.690. The molecule has 2 aromatic carbocycles. The summed E-state index contributed by atoms with van der Waals surface area (Å²) in [5, 5.41) is 8.32. The van der Waals surface area contributed by atoms with Crippen LogP contribution in [0.2, 0.25) is 5.02 Å². The van der Waals surface area contributed by atoms with Crippen molar-refractivity contribution in [2.45, 2.75) is 25.4 Å². The molecule has 29 heavy (non-hydrogen) atoms. The van der Waals surface area contributed by atoms with Crippen molar-refractivity contribution in [3.05, 3.63) is 76.9 Å². The van der Waals surface area contributed by atoms with Crippen molar-refractivity contribution in [3.63, 3.8) is 0 Å². The van der Waals surface area contributed by atoms with E-state index in [0.717, 1.165) is 43.7 Å². The molecule has 0 spiro atoms. The highest BCUT2D eigenvalue weighted by molar-refractivity contribution is 6.30. The number of carbonyl (C=O) groups is 1. The summed E-state index contributed by atoms with van der Waals surface area (Å²) in [6.45, 7) is 2.93. The van der Waals surface area contributed by atoms with E-state index in [1.165, 1.54) is 5.56 Å². The van der Waals surface area contributed by atoms with Gasteiger partial charge in [0.1, 0.15) is 5.69 Å². The van der Waals surface area contributed by atoms with Gasteiger partial charge in [0.15, 0.2) is 0 Å². The number of carbonyl (C=O) groups excluding carboxylic acids is 1. The number of aromatic nitrogens is 2. The molecule has 150 valence electrons. The first-order chi connectivity index (χ1) is 14.1. The fourth-order valence-electron chi connectivity index (χ4n) is 3.81. The van der Waals surface area contributed by atoms with Gasteiger partial charge >= 0.3 is 0 Å². The summed E-state index contributed by atoms with van der Waals surface area (Å²) < 4.78 is 1.64. The Morgan fingerprint density at radius 2 is 1.86 bits per heavy atom. The van der Waals surface area contributed by atoms with Crippen molar-refractivity contribution >= 4 is 17.5 Å². The second kappa shape index (κ2) is 8.80. The van der Waals surface area contributed by atoms with Gasteiger partial charge in [0, 0.05) is 43.3 Å². The van der Waals surface area contributed by atoms with Crippen molar-refractivity contribution in [2.75, 3.05) is 13.1 Å². The van der Waals surface area contributed by atoms with Crippen LogP contribution in [-0.4, -0.2) is 39.7 Å². The molecule has 0 unspecified atom stereocenters. The zero-order valence-corrected chi connectivity index (χ0v) is 17.3. The third-order valence-electron chi connectivity index (χ3n) is 5.40. The van der Waals surface area contributed by atoms with E-state index >= 15 is 0 Å². The Morgan fingerprint density at radius 3 is 2.59 bits per heavy atom. The van der Waals surface area contributed by atoms with Crippen LogP contribution < -0.4 is 5.32 Å². The second-order valence-electron chi connectivity index (χ2n) is 7.56. The van der Waals surface area contributed by atoms with Crippen molar-refractivity contribution in [2.24, 2.45) is 7.05 Å². The lowest BCUT2D eigenvalue weighted by Crippen LogP contribution is -2.44. The van der Waals surface area contributed by atoms with Crippen LogP contribution in [0.25, 0.3) is 11.3 Å². The molecule has 1 aliphatic heterocycles. The van der Waals surface area contributed by atoms with Gasteiger partial charge in [-0.1, -0.05) is 54.1 Å². The van der Waals surface area contributed by atoms with E-state index < -0.39 is 0 Å². The van der Waals surface area contributed by atoms with Gasteiger partial charge in [0.05, 0.1) is 5.69 Å². The first-order valence-corrected chi connectivity index (χ1v) is 10.3. The molecule has 2 heterocycles. The lowest BCUT2D eigenvalue weighted by molar-refractivity contribution is 0.0899. The third-order valence-corrected chi connectivity index (χ3v) is 5.64. The number of likely N-dealkylation sites (tertiary alicyclic amines) is 1. The lowest BCUT2D eigenvalue weighted by atomic mass is 10.0. The van der Waals surface area contributed by atoms with Crippen LogP contribution in [0.15, 0.2) is 60.7 Å². The molecule has 0 saturated carbocycles. The number of piperidine rings is 1. The first kappa shape index (κ1) is 19.7. The average Bonchev–Trinajstić information content (AvgIpc) is 3.12. The van der Waals surface area contributed by atoms with E-state index in [-0.39, 0.29) is 11.9 Å². The third kappa shape index (κ3) is 4.86. The molecule has 0 bridgehead atoms. The van der Waals surface area contributed by atoms with E-state index in [0.29, 0.717) is 10.7 Å². The van der Waals surface area contributed by atoms with E-state index in [1.54, 1.807) is 11.7 Å². The Morgan fingerprint density at radius 1 is 1.10 bits per heavy atom.